The van der Waals surface area contributed by atoms with Crippen molar-refractivity contribution in [3.05, 3.63) is 23.7 Å². The van der Waals surface area contributed by atoms with Gasteiger partial charge in [0, 0.05) is 37.9 Å². The van der Waals surface area contributed by atoms with Crippen LogP contribution in [0.25, 0.3) is 0 Å². The molecule has 3 N–H and O–H groups in total. The zero-order chi connectivity index (χ0) is 15.2. The number of piperidine rings is 1. The number of hydrogen-bond acceptors (Lipinski definition) is 5. The first-order valence-corrected chi connectivity index (χ1v) is 7.84. The topological polar surface area (TPSA) is 88.3 Å². The number of amides is 2. The molecule has 1 aromatic rings. The number of anilines is 1. The Morgan fingerprint density at radius 1 is 1.67 bits per heavy atom. The molecule has 0 saturated carbocycles. The zero-order valence-corrected chi connectivity index (χ0v) is 12.7. The summed E-state index contributed by atoms with van der Waals surface area (Å²) >= 11 is 1.40. The van der Waals surface area contributed by atoms with Gasteiger partial charge in [-0.2, -0.15) is 0 Å². The summed E-state index contributed by atoms with van der Waals surface area (Å²) in [5.41, 5.74) is 6.45. The molecule has 2 rings (SSSR count). The summed E-state index contributed by atoms with van der Waals surface area (Å²) in [6.45, 7) is 5.14. The van der Waals surface area contributed by atoms with Gasteiger partial charge >= 0.3 is 0 Å². The van der Waals surface area contributed by atoms with Crippen LogP contribution in [0.2, 0.25) is 0 Å². The molecule has 2 amide bonds. The quantitative estimate of drug-likeness (QED) is 0.761. The molecule has 1 aromatic heterocycles. The maximum Gasteiger partial charge on any atom is 0.224 e. The lowest BCUT2D eigenvalue weighted by molar-refractivity contribution is -0.137. The highest BCUT2D eigenvalue weighted by Gasteiger charge is 2.29. The standard InChI is InChI=1S/C14H20N4O2S/c1-2-7-18-8-10(3-4-12(18)19)13(20)16-6-5-11-9-21-14(15)17-11/h2,9-10H,1,3-8H2,(H2,15,17)(H,16,20)/t10-/m0/s1. The van der Waals surface area contributed by atoms with Crippen molar-refractivity contribution < 1.29 is 9.59 Å². The Balaban J connectivity index is 1.77. The molecule has 1 fully saturated rings. The Kier molecular flexibility index (Phi) is 5.32. The molecule has 0 bridgehead atoms. The maximum atomic E-state index is 12.1. The Hall–Kier alpha value is -1.89. The second-order valence-electron chi connectivity index (χ2n) is 5.04. The van der Waals surface area contributed by atoms with E-state index in [-0.39, 0.29) is 17.7 Å². The highest BCUT2D eigenvalue weighted by molar-refractivity contribution is 7.13. The maximum absolute atomic E-state index is 12.1. The molecule has 0 aromatic carbocycles. The highest BCUT2D eigenvalue weighted by atomic mass is 32.1. The van der Waals surface area contributed by atoms with Crippen LogP contribution in [0.4, 0.5) is 5.13 Å². The Labute approximate surface area is 128 Å². The second-order valence-corrected chi connectivity index (χ2v) is 5.93. The molecule has 1 atom stereocenters. The third kappa shape index (κ3) is 4.29. The predicted molar refractivity (Wildman–Crippen MR) is 82.7 cm³/mol. The SMILES string of the molecule is C=CCN1C[C@@H](C(=O)NCCc2csc(N)n2)CCC1=O. The predicted octanol–water partition coefficient (Wildman–Crippen LogP) is 0.809. The van der Waals surface area contributed by atoms with Gasteiger partial charge in [0.2, 0.25) is 11.8 Å². The number of carbonyl (C=O) groups excluding carboxylic acids is 2. The van der Waals surface area contributed by atoms with Gasteiger partial charge in [0.25, 0.3) is 0 Å². The number of carbonyl (C=O) groups is 2. The Morgan fingerprint density at radius 2 is 2.48 bits per heavy atom. The molecule has 6 nitrogen and oxygen atoms in total. The average Bonchev–Trinajstić information content (AvgIpc) is 2.87. The monoisotopic (exact) mass is 308 g/mol. The van der Waals surface area contributed by atoms with E-state index in [1.165, 1.54) is 11.3 Å². The molecule has 0 unspecified atom stereocenters. The summed E-state index contributed by atoms with van der Waals surface area (Å²) in [7, 11) is 0. The van der Waals surface area contributed by atoms with Crippen LogP contribution < -0.4 is 11.1 Å². The lowest BCUT2D eigenvalue weighted by Crippen LogP contribution is -2.46. The van der Waals surface area contributed by atoms with Crippen LogP contribution >= 0.6 is 11.3 Å². The molecule has 0 aliphatic carbocycles. The summed E-state index contributed by atoms with van der Waals surface area (Å²) in [4.78, 5) is 29.6. The largest absolute Gasteiger partial charge is 0.375 e. The van der Waals surface area contributed by atoms with Crippen LogP contribution in [-0.2, 0) is 16.0 Å². The fourth-order valence-corrected chi connectivity index (χ4v) is 2.95. The van der Waals surface area contributed by atoms with Crippen molar-refractivity contribution in [2.45, 2.75) is 19.3 Å². The van der Waals surface area contributed by atoms with Crippen LogP contribution in [0, 0.1) is 5.92 Å². The summed E-state index contributed by atoms with van der Waals surface area (Å²) in [6, 6.07) is 0. The number of likely N-dealkylation sites (tertiary alicyclic amines) is 1. The summed E-state index contributed by atoms with van der Waals surface area (Å²) < 4.78 is 0. The van der Waals surface area contributed by atoms with Gasteiger partial charge in [-0.15, -0.1) is 17.9 Å². The molecule has 1 aliphatic heterocycles. The first-order valence-electron chi connectivity index (χ1n) is 6.96. The minimum Gasteiger partial charge on any atom is -0.375 e. The number of nitrogen functional groups attached to an aromatic ring is 1. The number of nitrogens with zero attached hydrogens (tertiary/aromatic N) is 2. The van der Waals surface area contributed by atoms with Crippen LogP contribution in [0.15, 0.2) is 18.0 Å². The van der Waals surface area contributed by atoms with E-state index in [4.69, 9.17) is 5.73 Å². The minimum atomic E-state index is -0.136. The third-order valence-electron chi connectivity index (χ3n) is 3.47. The van der Waals surface area contributed by atoms with Gasteiger partial charge in [0.1, 0.15) is 0 Å². The van der Waals surface area contributed by atoms with E-state index in [0.29, 0.717) is 44.0 Å². The van der Waals surface area contributed by atoms with Crippen molar-refractivity contribution in [1.29, 1.82) is 0 Å². The van der Waals surface area contributed by atoms with E-state index in [0.717, 1.165) is 5.69 Å². The first kappa shape index (κ1) is 15.5. The second kappa shape index (κ2) is 7.21. The molecule has 0 spiro atoms. The van der Waals surface area contributed by atoms with Gasteiger partial charge in [-0.3, -0.25) is 9.59 Å². The molecule has 1 saturated heterocycles. The molecular formula is C14H20N4O2S. The smallest absolute Gasteiger partial charge is 0.224 e. The van der Waals surface area contributed by atoms with Crippen molar-refractivity contribution in [3.8, 4) is 0 Å². The Bertz CT molecular complexity index is 529. The van der Waals surface area contributed by atoms with Gasteiger partial charge in [-0.25, -0.2) is 4.98 Å². The van der Waals surface area contributed by atoms with E-state index in [9.17, 15) is 9.59 Å². The van der Waals surface area contributed by atoms with E-state index >= 15 is 0 Å². The van der Waals surface area contributed by atoms with Crippen LogP contribution in [0.3, 0.4) is 0 Å². The van der Waals surface area contributed by atoms with E-state index in [2.05, 4.69) is 16.9 Å². The number of nitrogens with one attached hydrogen (secondary N) is 1. The number of hydrogen-bond donors (Lipinski definition) is 2. The third-order valence-corrected chi connectivity index (χ3v) is 4.19. The van der Waals surface area contributed by atoms with E-state index in [1.54, 1.807) is 11.0 Å². The van der Waals surface area contributed by atoms with Gasteiger partial charge in [-0.1, -0.05) is 6.08 Å². The zero-order valence-electron chi connectivity index (χ0n) is 11.9. The number of nitrogens with two attached hydrogens (primary N) is 1. The number of aromatic nitrogens is 1. The molecule has 114 valence electrons. The summed E-state index contributed by atoms with van der Waals surface area (Å²) in [5, 5.41) is 5.35. The van der Waals surface area contributed by atoms with Crippen molar-refractivity contribution in [2.24, 2.45) is 5.92 Å². The van der Waals surface area contributed by atoms with Gasteiger partial charge in [0.05, 0.1) is 11.6 Å². The van der Waals surface area contributed by atoms with Gasteiger partial charge < -0.3 is 16.0 Å². The minimum absolute atomic E-state index is 0.000219. The fraction of sp³-hybridized carbons (Fsp3) is 0.500. The molecular weight excluding hydrogens is 288 g/mol. The molecule has 2 heterocycles. The molecule has 21 heavy (non-hydrogen) atoms. The van der Waals surface area contributed by atoms with Crippen LogP contribution in [-0.4, -0.2) is 41.3 Å². The molecule has 7 heteroatoms. The summed E-state index contributed by atoms with van der Waals surface area (Å²) in [5.74, 6) is -0.0418. The average molecular weight is 308 g/mol. The lowest BCUT2D eigenvalue weighted by atomic mass is 9.96. The van der Waals surface area contributed by atoms with E-state index in [1.807, 2.05) is 5.38 Å². The van der Waals surface area contributed by atoms with Crippen LogP contribution in [0.5, 0.6) is 0 Å². The van der Waals surface area contributed by atoms with Crippen molar-refractivity contribution in [3.63, 3.8) is 0 Å². The normalized spacial score (nSPS) is 18.6. The van der Waals surface area contributed by atoms with Gasteiger partial charge in [-0.05, 0) is 6.42 Å². The highest BCUT2D eigenvalue weighted by Crippen LogP contribution is 2.17. The van der Waals surface area contributed by atoms with Crippen molar-refractivity contribution in [2.75, 3.05) is 25.4 Å². The van der Waals surface area contributed by atoms with Gasteiger partial charge in [0.15, 0.2) is 5.13 Å². The Morgan fingerprint density at radius 3 is 3.14 bits per heavy atom. The number of rotatable bonds is 6. The molecule has 0 radical (unpaired) electrons. The van der Waals surface area contributed by atoms with E-state index < -0.39 is 0 Å². The first-order chi connectivity index (χ1) is 10.1. The number of thiazole rings is 1. The fourth-order valence-electron chi connectivity index (χ4n) is 2.36. The van der Waals surface area contributed by atoms with Crippen molar-refractivity contribution in [1.82, 2.24) is 15.2 Å². The molecule has 1 aliphatic rings. The van der Waals surface area contributed by atoms with Crippen molar-refractivity contribution >= 4 is 28.3 Å². The van der Waals surface area contributed by atoms with Crippen LogP contribution in [0.1, 0.15) is 18.5 Å². The lowest BCUT2D eigenvalue weighted by Gasteiger charge is -2.31. The summed E-state index contributed by atoms with van der Waals surface area (Å²) in [6.07, 6.45) is 3.39.